The fourth-order valence-corrected chi connectivity index (χ4v) is 1.76. The molecule has 0 unspecified atom stereocenters. The zero-order chi connectivity index (χ0) is 10.8. The van der Waals surface area contributed by atoms with E-state index in [1.54, 1.807) is 18.0 Å². The summed E-state index contributed by atoms with van der Waals surface area (Å²) in [7, 11) is 1.64. The summed E-state index contributed by atoms with van der Waals surface area (Å²) in [5.74, 6) is 0.544. The lowest BCUT2D eigenvalue weighted by molar-refractivity contribution is 0.194. The van der Waals surface area contributed by atoms with Crippen LogP contribution < -0.4 is 11.1 Å². The van der Waals surface area contributed by atoms with Gasteiger partial charge in [-0.3, -0.25) is 0 Å². The molecule has 0 fully saturated rings. The Morgan fingerprint density at radius 3 is 3.13 bits per heavy atom. The Morgan fingerprint density at radius 2 is 2.40 bits per heavy atom. The maximum absolute atomic E-state index is 11.4. The number of rotatable bonds is 0. The minimum atomic E-state index is -0.0440. The van der Waals surface area contributed by atoms with Crippen molar-refractivity contribution in [3.05, 3.63) is 23.4 Å². The Balaban J connectivity index is 2.20. The van der Waals surface area contributed by atoms with Crippen LogP contribution in [-0.4, -0.2) is 29.5 Å². The van der Waals surface area contributed by atoms with E-state index in [4.69, 9.17) is 5.73 Å². The van der Waals surface area contributed by atoms with Crippen LogP contribution in [0, 0.1) is 0 Å². The van der Waals surface area contributed by atoms with E-state index >= 15 is 0 Å². The number of carbonyl (C=O) groups excluding carboxylic acids is 1. The van der Waals surface area contributed by atoms with Crippen molar-refractivity contribution >= 4 is 11.8 Å². The first kappa shape index (κ1) is 9.76. The van der Waals surface area contributed by atoms with E-state index in [2.05, 4.69) is 10.3 Å². The van der Waals surface area contributed by atoms with Crippen molar-refractivity contribution in [3.8, 4) is 0 Å². The van der Waals surface area contributed by atoms with E-state index in [-0.39, 0.29) is 6.03 Å². The van der Waals surface area contributed by atoms with E-state index in [1.807, 2.05) is 6.07 Å². The van der Waals surface area contributed by atoms with Gasteiger partial charge in [0, 0.05) is 32.3 Å². The van der Waals surface area contributed by atoms with E-state index in [0.717, 1.165) is 17.7 Å². The molecule has 0 spiro atoms. The average molecular weight is 206 g/mol. The van der Waals surface area contributed by atoms with Gasteiger partial charge in [0.05, 0.1) is 0 Å². The van der Waals surface area contributed by atoms with Crippen molar-refractivity contribution in [2.75, 3.05) is 19.3 Å². The van der Waals surface area contributed by atoms with Crippen LogP contribution in [0.4, 0.5) is 10.6 Å². The third-order valence-electron chi connectivity index (χ3n) is 2.57. The van der Waals surface area contributed by atoms with E-state index < -0.39 is 0 Å². The summed E-state index contributed by atoms with van der Waals surface area (Å²) < 4.78 is 0. The van der Waals surface area contributed by atoms with Crippen LogP contribution in [0.5, 0.6) is 0 Å². The summed E-state index contributed by atoms with van der Waals surface area (Å²) in [6.45, 7) is 1.31. The number of aromatic nitrogens is 1. The largest absolute Gasteiger partial charge is 0.384 e. The average Bonchev–Trinajstić information content (AvgIpc) is 2.27. The molecule has 5 heteroatoms. The molecule has 5 nitrogen and oxygen atoms in total. The van der Waals surface area contributed by atoms with Gasteiger partial charge in [0.25, 0.3) is 0 Å². The van der Waals surface area contributed by atoms with Gasteiger partial charge < -0.3 is 16.0 Å². The first-order chi connectivity index (χ1) is 7.20. The van der Waals surface area contributed by atoms with Crippen molar-refractivity contribution < 1.29 is 4.79 Å². The van der Waals surface area contributed by atoms with Gasteiger partial charge in [0.2, 0.25) is 0 Å². The van der Waals surface area contributed by atoms with E-state index in [1.165, 1.54) is 0 Å². The highest BCUT2D eigenvalue weighted by atomic mass is 16.2. The van der Waals surface area contributed by atoms with Crippen LogP contribution in [0.3, 0.4) is 0 Å². The van der Waals surface area contributed by atoms with Crippen LogP contribution in [0.25, 0.3) is 0 Å². The zero-order valence-corrected chi connectivity index (χ0v) is 8.66. The standard InChI is InChI=1S/C10H14N4O/c1-12-10(15)14-5-4-8-7(6-14)2-3-9(11)13-8/h2-3H,4-6H2,1H3,(H2,11,13)(H,12,15). The maximum Gasteiger partial charge on any atom is 0.317 e. The van der Waals surface area contributed by atoms with Crippen LogP contribution in [0.2, 0.25) is 0 Å². The Kier molecular flexibility index (Phi) is 2.45. The summed E-state index contributed by atoms with van der Waals surface area (Å²) >= 11 is 0. The number of nitrogen functional groups attached to an aromatic ring is 1. The quantitative estimate of drug-likeness (QED) is 0.644. The predicted molar refractivity (Wildman–Crippen MR) is 57.2 cm³/mol. The monoisotopic (exact) mass is 206 g/mol. The van der Waals surface area contributed by atoms with Gasteiger partial charge in [-0.25, -0.2) is 9.78 Å². The second-order valence-corrected chi connectivity index (χ2v) is 3.57. The normalized spacial score (nSPS) is 14.6. The molecule has 0 aromatic carbocycles. The lowest BCUT2D eigenvalue weighted by atomic mass is 10.1. The van der Waals surface area contributed by atoms with Crippen molar-refractivity contribution in [2.45, 2.75) is 13.0 Å². The lowest BCUT2D eigenvalue weighted by Gasteiger charge is -2.27. The summed E-state index contributed by atoms with van der Waals surface area (Å²) in [6.07, 6.45) is 0.772. The number of urea groups is 1. The first-order valence-corrected chi connectivity index (χ1v) is 4.91. The zero-order valence-electron chi connectivity index (χ0n) is 8.66. The summed E-state index contributed by atoms with van der Waals surface area (Å²) in [5, 5.41) is 2.62. The molecule has 1 aromatic rings. The topological polar surface area (TPSA) is 71.2 Å². The SMILES string of the molecule is CNC(=O)N1CCc2nc(N)ccc2C1. The van der Waals surface area contributed by atoms with Crippen LogP contribution in [0.1, 0.15) is 11.3 Å². The Bertz CT molecular complexity index is 391. The molecular weight excluding hydrogens is 192 g/mol. The molecule has 1 aliphatic rings. The summed E-state index contributed by atoms with van der Waals surface area (Å²) in [6, 6.07) is 3.66. The van der Waals surface area contributed by atoms with Gasteiger partial charge in [-0.2, -0.15) is 0 Å². The Labute approximate surface area is 88.3 Å². The number of amides is 2. The number of anilines is 1. The molecular formula is C10H14N4O. The van der Waals surface area contributed by atoms with Gasteiger partial charge in [-0.1, -0.05) is 6.07 Å². The van der Waals surface area contributed by atoms with Crippen molar-refractivity contribution in [1.29, 1.82) is 0 Å². The van der Waals surface area contributed by atoms with Gasteiger partial charge in [-0.05, 0) is 11.6 Å². The van der Waals surface area contributed by atoms with Crippen LogP contribution in [0.15, 0.2) is 12.1 Å². The van der Waals surface area contributed by atoms with Gasteiger partial charge in [0.1, 0.15) is 5.82 Å². The van der Waals surface area contributed by atoms with Crippen molar-refractivity contribution in [3.63, 3.8) is 0 Å². The van der Waals surface area contributed by atoms with Crippen LogP contribution >= 0.6 is 0 Å². The molecule has 0 bridgehead atoms. The fraction of sp³-hybridized carbons (Fsp3) is 0.400. The highest BCUT2D eigenvalue weighted by Crippen LogP contribution is 2.18. The summed E-state index contributed by atoms with van der Waals surface area (Å²) in [5.41, 5.74) is 7.69. The molecule has 0 saturated heterocycles. The van der Waals surface area contributed by atoms with Gasteiger partial charge in [0.15, 0.2) is 0 Å². The second kappa shape index (κ2) is 3.76. The molecule has 1 aliphatic heterocycles. The first-order valence-electron chi connectivity index (χ1n) is 4.91. The number of nitrogens with two attached hydrogens (primary N) is 1. The van der Waals surface area contributed by atoms with Crippen molar-refractivity contribution in [1.82, 2.24) is 15.2 Å². The predicted octanol–water partition coefficient (Wildman–Crippen LogP) is 0.361. The number of hydrogen-bond acceptors (Lipinski definition) is 3. The molecule has 0 aliphatic carbocycles. The Morgan fingerprint density at radius 1 is 1.60 bits per heavy atom. The number of nitrogens with zero attached hydrogens (tertiary/aromatic N) is 2. The smallest absolute Gasteiger partial charge is 0.317 e. The number of nitrogens with one attached hydrogen (secondary N) is 1. The molecule has 2 rings (SSSR count). The highest BCUT2D eigenvalue weighted by molar-refractivity contribution is 5.74. The molecule has 2 amide bonds. The molecule has 1 aromatic heterocycles. The third-order valence-corrected chi connectivity index (χ3v) is 2.57. The molecule has 2 heterocycles. The van der Waals surface area contributed by atoms with Crippen molar-refractivity contribution in [2.24, 2.45) is 0 Å². The third kappa shape index (κ3) is 1.86. The number of hydrogen-bond donors (Lipinski definition) is 2. The highest BCUT2D eigenvalue weighted by Gasteiger charge is 2.20. The van der Waals surface area contributed by atoms with Gasteiger partial charge in [-0.15, -0.1) is 0 Å². The van der Waals surface area contributed by atoms with E-state index in [9.17, 15) is 4.79 Å². The molecule has 15 heavy (non-hydrogen) atoms. The number of carbonyl (C=O) groups is 1. The molecule has 0 radical (unpaired) electrons. The molecule has 0 saturated carbocycles. The fourth-order valence-electron chi connectivity index (χ4n) is 1.76. The molecule has 0 atom stereocenters. The number of pyridine rings is 1. The minimum Gasteiger partial charge on any atom is -0.384 e. The Hall–Kier alpha value is -1.78. The van der Waals surface area contributed by atoms with E-state index in [0.29, 0.717) is 18.9 Å². The van der Waals surface area contributed by atoms with Gasteiger partial charge >= 0.3 is 6.03 Å². The summed E-state index contributed by atoms with van der Waals surface area (Å²) in [4.78, 5) is 17.4. The maximum atomic E-state index is 11.4. The number of fused-ring (bicyclic) bond motifs is 1. The minimum absolute atomic E-state index is 0.0440. The molecule has 80 valence electrons. The lowest BCUT2D eigenvalue weighted by Crippen LogP contribution is -2.41. The second-order valence-electron chi connectivity index (χ2n) is 3.57. The molecule has 3 N–H and O–H groups in total. The van der Waals surface area contributed by atoms with Crippen LogP contribution in [-0.2, 0) is 13.0 Å².